The lowest BCUT2D eigenvalue weighted by Gasteiger charge is -2.08. The fraction of sp³-hybridized carbons (Fsp3) is 0.150. The van der Waals surface area contributed by atoms with Gasteiger partial charge in [-0.05, 0) is 30.2 Å². The summed E-state index contributed by atoms with van der Waals surface area (Å²) in [7, 11) is 1.74. The van der Waals surface area contributed by atoms with Gasteiger partial charge in [-0.15, -0.1) is 0 Å². The van der Waals surface area contributed by atoms with Crippen LogP contribution in [0.3, 0.4) is 0 Å². The molecule has 0 unspecified atom stereocenters. The molecule has 1 N–H and O–H groups in total. The Morgan fingerprint density at radius 2 is 2.04 bits per heavy atom. The molecule has 3 heterocycles. The molecule has 7 nitrogen and oxygen atoms in total. The zero-order valence-electron chi connectivity index (χ0n) is 15.3. The molecule has 0 bridgehead atoms. The van der Waals surface area contributed by atoms with Crippen molar-refractivity contribution in [3.05, 3.63) is 65.4 Å². The molecular weight excluding hydrogens is 357 g/mol. The summed E-state index contributed by atoms with van der Waals surface area (Å²) in [4.78, 5) is 13.2. The van der Waals surface area contributed by atoms with Gasteiger partial charge in [-0.25, -0.2) is 14.1 Å². The average Bonchev–Trinajstić information content (AvgIpc) is 3.12. The number of anilines is 1. The van der Waals surface area contributed by atoms with Crippen molar-refractivity contribution in [1.82, 2.24) is 24.7 Å². The van der Waals surface area contributed by atoms with Crippen molar-refractivity contribution < 1.29 is 4.39 Å². The van der Waals surface area contributed by atoms with E-state index in [2.05, 4.69) is 31.4 Å². The van der Waals surface area contributed by atoms with Crippen LogP contribution in [0.15, 0.2) is 42.9 Å². The molecule has 0 radical (unpaired) electrons. The molecule has 0 fully saturated rings. The number of hydrogen-bond donors (Lipinski definition) is 1. The molecular formula is C20H16FN7. The molecule has 0 spiro atoms. The molecule has 1 aromatic carbocycles. The summed E-state index contributed by atoms with van der Waals surface area (Å²) < 4.78 is 15.3. The smallest absolute Gasteiger partial charge is 0.225 e. The first-order valence-corrected chi connectivity index (χ1v) is 8.61. The van der Waals surface area contributed by atoms with Crippen molar-refractivity contribution in [2.24, 2.45) is 0 Å². The van der Waals surface area contributed by atoms with Gasteiger partial charge in [-0.3, -0.25) is 4.98 Å². The van der Waals surface area contributed by atoms with E-state index >= 15 is 0 Å². The van der Waals surface area contributed by atoms with Crippen LogP contribution in [0.2, 0.25) is 0 Å². The SMILES string of the molecule is CNc1nc(-c2cncc(C#N)c2)c2cnn(Cc3ccc(F)c(C)c3)c2n1. The molecule has 0 aliphatic rings. The van der Waals surface area contributed by atoms with Gasteiger partial charge in [0.05, 0.1) is 29.4 Å². The minimum absolute atomic E-state index is 0.235. The van der Waals surface area contributed by atoms with E-state index in [1.807, 2.05) is 0 Å². The minimum atomic E-state index is -0.235. The number of hydrogen-bond acceptors (Lipinski definition) is 6. The normalized spacial score (nSPS) is 10.8. The average molecular weight is 373 g/mol. The predicted molar refractivity (Wildman–Crippen MR) is 103 cm³/mol. The summed E-state index contributed by atoms with van der Waals surface area (Å²) in [5.41, 5.74) is 3.94. The Hall–Kier alpha value is -3.86. The monoisotopic (exact) mass is 373 g/mol. The third kappa shape index (κ3) is 3.14. The van der Waals surface area contributed by atoms with Crippen molar-refractivity contribution in [3.8, 4) is 17.3 Å². The second-order valence-electron chi connectivity index (χ2n) is 6.34. The van der Waals surface area contributed by atoms with Crippen LogP contribution in [-0.4, -0.2) is 31.8 Å². The molecule has 0 aliphatic heterocycles. The number of nitrogens with zero attached hydrogens (tertiary/aromatic N) is 6. The Labute approximate surface area is 160 Å². The molecule has 28 heavy (non-hydrogen) atoms. The molecule has 8 heteroatoms. The lowest BCUT2D eigenvalue weighted by atomic mass is 10.1. The summed E-state index contributed by atoms with van der Waals surface area (Å²) >= 11 is 0. The van der Waals surface area contributed by atoms with Crippen LogP contribution in [0.25, 0.3) is 22.3 Å². The van der Waals surface area contributed by atoms with Crippen LogP contribution in [0.5, 0.6) is 0 Å². The summed E-state index contributed by atoms with van der Waals surface area (Å²) in [6.45, 7) is 2.18. The largest absolute Gasteiger partial charge is 0.357 e. The molecule has 4 rings (SSSR count). The second-order valence-corrected chi connectivity index (χ2v) is 6.34. The van der Waals surface area contributed by atoms with Crippen LogP contribution in [-0.2, 0) is 6.54 Å². The Morgan fingerprint density at radius 3 is 2.79 bits per heavy atom. The van der Waals surface area contributed by atoms with Crippen molar-refractivity contribution in [2.45, 2.75) is 13.5 Å². The Kier molecular flexibility index (Phi) is 4.41. The van der Waals surface area contributed by atoms with E-state index in [0.29, 0.717) is 40.5 Å². The zero-order valence-corrected chi connectivity index (χ0v) is 15.3. The van der Waals surface area contributed by atoms with Gasteiger partial charge < -0.3 is 5.32 Å². The lowest BCUT2D eigenvalue weighted by molar-refractivity contribution is 0.615. The third-order valence-corrected chi connectivity index (χ3v) is 4.42. The molecule has 3 aromatic heterocycles. The number of nitriles is 1. The van der Waals surface area contributed by atoms with Gasteiger partial charge in [-0.2, -0.15) is 15.3 Å². The number of benzene rings is 1. The van der Waals surface area contributed by atoms with Gasteiger partial charge in [-0.1, -0.05) is 12.1 Å². The van der Waals surface area contributed by atoms with E-state index in [1.54, 1.807) is 49.2 Å². The molecule has 0 amide bonds. The number of pyridine rings is 1. The number of aryl methyl sites for hydroxylation is 1. The van der Waals surface area contributed by atoms with Crippen molar-refractivity contribution in [3.63, 3.8) is 0 Å². The fourth-order valence-electron chi connectivity index (χ4n) is 3.01. The lowest BCUT2D eigenvalue weighted by Crippen LogP contribution is -2.06. The van der Waals surface area contributed by atoms with E-state index in [-0.39, 0.29) is 5.82 Å². The standard InChI is InChI=1S/C20H16FN7/c1-12-5-13(3-4-17(12)21)11-28-19-16(10-25-28)18(26-20(23-2)27-19)15-6-14(7-22)8-24-9-15/h3-6,8-10H,11H2,1-2H3,(H,23,26,27). The minimum Gasteiger partial charge on any atom is -0.357 e. The topological polar surface area (TPSA) is 92.3 Å². The van der Waals surface area contributed by atoms with Crippen LogP contribution in [0.4, 0.5) is 10.3 Å². The van der Waals surface area contributed by atoms with Gasteiger partial charge in [0.2, 0.25) is 5.95 Å². The highest BCUT2D eigenvalue weighted by Crippen LogP contribution is 2.27. The van der Waals surface area contributed by atoms with Gasteiger partial charge in [0.1, 0.15) is 11.9 Å². The van der Waals surface area contributed by atoms with E-state index in [0.717, 1.165) is 10.9 Å². The Bertz CT molecular complexity index is 1220. The number of halogens is 1. The van der Waals surface area contributed by atoms with E-state index < -0.39 is 0 Å². The maximum atomic E-state index is 13.6. The Balaban J connectivity index is 1.84. The first-order chi connectivity index (χ1) is 13.6. The molecule has 138 valence electrons. The van der Waals surface area contributed by atoms with Crippen LogP contribution < -0.4 is 5.32 Å². The van der Waals surface area contributed by atoms with Crippen molar-refractivity contribution in [2.75, 3.05) is 12.4 Å². The molecule has 0 aliphatic carbocycles. The summed E-state index contributed by atoms with van der Waals surface area (Å²) in [5, 5.41) is 17.3. The first kappa shape index (κ1) is 17.5. The van der Waals surface area contributed by atoms with E-state index in [9.17, 15) is 4.39 Å². The van der Waals surface area contributed by atoms with Crippen molar-refractivity contribution in [1.29, 1.82) is 5.26 Å². The summed E-state index contributed by atoms with van der Waals surface area (Å²) in [5.74, 6) is 0.197. The van der Waals surface area contributed by atoms with Crippen LogP contribution in [0, 0.1) is 24.1 Å². The van der Waals surface area contributed by atoms with E-state index in [4.69, 9.17) is 5.26 Å². The molecule has 0 saturated heterocycles. The summed E-state index contributed by atoms with van der Waals surface area (Å²) in [6.07, 6.45) is 4.85. The summed E-state index contributed by atoms with van der Waals surface area (Å²) in [6, 6.07) is 8.80. The van der Waals surface area contributed by atoms with Gasteiger partial charge >= 0.3 is 0 Å². The molecule has 4 aromatic rings. The van der Waals surface area contributed by atoms with Gasteiger partial charge in [0, 0.05) is 25.0 Å². The van der Waals surface area contributed by atoms with Crippen LogP contribution in [0.1, 0.15) is 16.7 Å². The highest BCUT2D eigenvalue weighted by Gasteiger charge is 2.15. The highest BCUT2D eigenvalue weighted by atomic mass is 19.1. The third-order valence-electron chi connectivity index (χ3n) is 4.42. The number of fused-ring (bicyclic) bond motifs is 1. The number of aromatic nitrogens is 5. The molecule has 0 saturated carbocycles. The molecule has 0 atom stereocenters. The fourth-order valence-corrected chi connectivity index (χ4v) is 3.01. The first-order valence-electron chi connectivity index (χ1n) is 8.61. The van der Waals surface area contributed by atoms with Crippen molar-refractivity contribution >= 4 is 17.0 Å². The number of nitrogens with one attached hydrogen (secondary N) is 1. The second kappa shape index (κ2) is 7.04. The number of rotatable bonds is 4. The van der Waals surface area contributed by atoms with Gasteiger partial charge in [0.25, 0.3) is 0 Å². The van der Waals surface area contributed by atoms with Gasteiger partial charge in [0.15, 0.2) is 5.65 Å². The maximum Gasteiger partial charge on any atom is 0.225 e. The maximum absolute atomic E-state index is 13.6. The van der Waals surface area contributed by atoms with E-state index in [1.165, 1.54) is 12.3 Å². The predicted octanol–water partition coefficient (Wildman–Crippen LogP) is 3.30. The highest BCUT2D eigenvalue weighted by molar-refractivity contribution is 5.91. The quantitative estimate of drug-likeness (QED) is 0.590. The Morgan fingerprint density at radius 1 is 1.18 bits per heavy atom. The van der Waals surface area contributed by atoms with Crippen LogP contribution >= 0.6 is 0 Å². The zero-order chi connectivity index (χ0) is 19.7.